The molecule has 1 fully saturated rings. The molecule has 1 aliphatic heterocycles. The van der Waals surface area contributed by atoms with Crippen LogP contribution in [0.1, 0.15) is 66.7 Å². The van der Waals surface area contributed by atoms with E-state index in [1.807, 2.05) is 20.8 Å². The second kappa shape index (κ2) is 12.5. The van der Waals surface area contributed by atoms with Gasteiger partial charge in [-0.1, -0.05) is 53.9 Å². The van der Waals surface area contributed by atoms with Gasteiger partial charge in [-0.05, 0) is 24.2 Å². The molecular weight excluding hydrogens is 390 g/mol. The van der Waals surface area contributed by atoms with E-state index in [9.17, 15) is 19.2 Å². The zero-order valence-electron chi connectivity index (χ0n) is 18.8. The Hall–Kier alpha value is -2.16. The van der Waals surface area contributed by atoms with Crippen molar-refractivity contribution < 1.29 is 28.7 Å². The van der Waals surface area contributed by atoms with E-state index in [2.05, 4.69) is 16.0 Å². The molecule has 172 valence electrons. The highest BCUT2D eigenvalue weighted by Gasteiger charge is 2.32. The van der Waals surface area contributed by atoms with Crippen LogP contribution in [0.5, 0.6) is 0 Å². The van der Waals surface area contributed by atoms with Crippen LogP contribution in [0.2, 0.25) is 0 Å². The summed E-state index contributed by atoms with van der Waals surface area (Å²) in [6.07, 6.45) is 2.34. The van der Waals surface area contributed by atoms with Gasteiger partial charge in [-0.2, -0.15) is 0 Å². The summed E-state index contributed by atoms with van der Waals surface area (Å²) >= 11 is 0. The zero-order valence-corrected chi connectivity index (χ0v) is 18.8. The van der Waals surface area contributed by atoms with Crippen molar-refractivity contribution in [1.29, 1.82) is 0 Å². The van der Waals surface area contributed by atoms with Crippen LogP contribution in [-0.4, -0.2) is 55.7 Å². The Kier molecular flexibility index (Phi) is 10.8. The molecule has 2 atom stereocenters. The highest BCUT2D eigenvalue weighted by molar-refractivity contribution is 6.38. The van der Waals surface area contributed by atoms with Crippen LogP contribution in [0.4, 0.5) is 4.79 Å². The van der Waals surface area contributed by atoms with Crippen molar-refractivity contribution in [3.05, 3.63) is 0 Å². The number of amides is 3. The van der Waals surface area contributed by atoms with Gasteiger partial charge in [0.2, 0.25) is 5.91 Å². The lowest BCUT2D eigenvalue weighted by molar-refractivity contribution is -0.149. The topological polar surface area (TPSA) is 123 Å². The lowest BCUT2D eigenvalue weighted by Crippen LogP contribution is -2.56. The van der Waals surface area contributed by atoms with Gasteiger partial charge in [-0.3, -0.25) is 14.4 Å². The van der Waals surface area contributed by atoms with Crippen molar-refractivity contribution >= 4 is 23.7 Å². The van der Waals surface area contributed by atoms with Gasteiger partial charge in [0.25, 0.3) is 11.7 Å². The number of Topliss-reactive ketones (excluding diaryl/α,β-unsaturated/α-hetero) is 1. The molecule has 9 heteroatoms. The second-order valence-corrected chi connectivity index (χ2v) is 9.15. The monoisotopic (exact) mass is 427 g/mol. The van der Waals surface area contributed by atoms with Crippen LogP contribution in [0.3, 0.4) is 0 Å². The number of rotatable bonds is 5. The normalized spacial score (nSPS) is 20.4. The summed E-state index contributed by atoms with van der Waals surface area (Å²) in [5, 5.41) is 7.56. The lowest BCUT2D eigenvalue weighted by atomic mass is 9.99. The molecule has 0 aromatic heterocycles. The van der Waals surface area contributed by atoms with Crippen LogP contribution >= 0.6 is 0 Å². The minimum atomic E-state index is -1.40. The van der Waals surface area contributed by atoms with Crippen molar-refractivity contribution in [2.75, 3.05) is 19.8 Å². The summed E-state index contributed by atoms with van der Waals surface area (Å²) in [5.74, 6) is -2.54. The van der Waals surface area contributed by atoms with E-state index in [0.29, 0.717) is 6.54 Å². The fraction of sp³-hybridized carbons (Fsp3) is 0.810. The number of hydrogen-bond donors (Lipinski definition) is 3. The highest BCUT2D eigenvalue weighted by Crippen LogP contribution is 2.13. The van der Waals surface area contributed by atoms with Crippen LogP contribution in [0.15, 0.2) is 0 Å². The number of nitrogens with one attached hydrogen (secondary N) is 3. The Morgan fingerprint density at radius 3 is 2.40 bits per heavy atom. The first-order chi connectivity index (χ1) is 14.0. The summed E-state index contributed by atoms with van der Waals surface area (Å²) in [6, 6.07) is -0.946. The number of carbonyl (C=O) groups is 4. The number of hydrogen-bond acceptors (Lipinski definition) is 6. The van der Waals surface area contributed by atoms with E-state index in [0.717, 1.165) is 32.1 Å². The Morgan fingerprint density at radius 1 is 1.13 bits per heavy atom. The molecule has 2 unspecified atom stereocenters. The summed E-state index contributed by atoms with van der Waals surface area (Å²) in [5.41, 5.74) is -0.214. The Labute approximate surface area is 179 Å². The Morgan fingerprint density at radius 2 is 1.77 bits per heavy atom. The number of carbonyl (C=O) groups excluding carboxylic acids is 4. The average molecular weight is 428 g/mol. The van der Waals surface area contributed by atoms with Crippen molar-refractivity contribution in [3.8, 4) is 0 Å². The molecule has 0 aromatic carbocycles. The number of ether oxygens (including phenoxy) is 2. The molecule has 0 aliphatic carbocycles. The quantitative estimate of drug-likeness (QED) is 0.576. The van der Waals surface area contributed by atoms with E-state index >= 15 is 0 Å². The van der Waals surface area contributed by atoms with Crippen LogP contribution in [0, 0.1) is 11.3 Å². The molecule has 30 heavy (non-hydrogen) atoms. The van der Waals surface area contributed by atoms with Crippen molar-refractivity contribution in [1.82, 2.24) is 16.0 Å². The van der Waals surface area contributed by atoms with Gasteiger partial charge in [0.15, 0.2) is 6.23 Å². The van der Waals surface area contributed by atoms with Crippen molar-refractivity contribution in [3.63, 3.8) is 0 Å². The average Bonchev–Trinajstić information content (AvgIpc) is 2.65. The second-order valence-electron chi connectivity index (χ2n) is 9.15. The molecule has 1 saturated heterocycles. The Bertz CT molecular complexity index is 600. The number of ketones is 1. The molecular formula is C21H37N3O6. The molecule has 0 radical (unpaired) electrons. The van der Waals surface area contributed by atoms with Crippen molar-refractivity contribution in [2.24, 2.45) is 11.3 Å². The first-order valence-electron chi connectivity index (χ1n) is 10.7. The minimum absolute atomic E-state index is 0.190. The minimum Gasteiger partial charge on any atom is -0.449 e. The van der Waals surface area contributed by atoms with Gasteiger partial charge in [-0.15, -0.1) is 0 Å². The van der Waals surface area contributed by atoms with Gasteiger partial charge in [0.05, 0.1) is 6.61 Å². The van der Waals surface area contributed by atoms with Crippen LogP contribution < -0.4 is 16.0 Å². The summed E-state index contributed by atoms with van der Waals surface area (Å²) in [6.45, 7) is 10.1. The zero-order chi connectivity index (χ0) is 22.7. The van der Waals surface area contributed by atoms with Crippen LogP contribution in [0.25, 0.3) is 0 Å². The predicted octanol–water partition coefficient (Wildman–Crippen LogP) is 1.89. The van der Waals surface area contributed by atoms with E-state index in [-0.39, 0.29) is 24.5 Å². The summed E-state index contributed by atoms with van der Waals surface area (Å²) < 4.78 is 10.7. The maximum atomic E-state index is 12.8. The maximum Gasteiger partial charge on any atom is 0.407 e. The SMILES string of the molecule is CC(C)C(NC(=O)OCC(C)(C)C)C(=O)NC1OCCCCCCCNC(=O)C1=O. The van der Waals surface area contributed by atoms with Crippen LogP contribution in [-0.2, 0) is 23.9 Å². The van der Waals surface area contributed by atoms with Crippen molar-refractivity contribution in [2.45, 2.75) is 79.0 Å². The molecule has 0 aromatic rings. The lowest BCUT2D eigenvalue weighted by Gasteiger charge is -2.25. The fourth-order valence-corrected chi connectivity index (χ4v) is 2.75. The van der Waals surface area contributed by atoms with E-state index in [4.69, 9.17) is 9.47 Å². The molecule has 1 aliphatic rings. The van der Waals surface area contributed by atoms with Gasteiger partial charge < -0.3 is 25.4 Å². The third kappa shape index (κ3) is 10.0. The third-order valence-electron chi connectivity index (χ3n) is 4.49. The summed E-state index contributed by atoms with van der Waals surface area (Å²) in [7, 11) is 0. The molecule has 3 N–H and O–H groups in total. The van der Waals surface area contributed by atoms with E-state index in [1.165, 1.54) is 0 Å². The maximum absolute atomic E-state index is 12.8. The van der Waals surface area contributed by atoms with Gasteiger partial charge in [-0.25, -0.2) is 4.79 Å². The smallest absolute Gasteiger partial charge is 0.407 e. The fourth-order valence-electron chi connectivity index (χ4n) is 2.75. The third-order valence-corrected chi connectivity index (χ3v) is 4.49. The molecule has 0 saturated carbocycles. The Balaban J connectivity index is 2.78. The molecule has 0 spiro atoms. The first-order valence-corrected chi connectivity index (χ1v) is 10.7. The van der Waals surface area contributed by atoms with Gasteiger partial charge in [0, 0.05) is 13.2 Å². The molecule has 1 heterocycles. The highest BCUT2D eigenvalue weighted by atomic mass is 16.5. The van der Waals surface area contributed by atoms with E-state index in [1.54, 1.807) is 13.8 Å². The van der Waals surface area contributed by atoms with Gasteiger partial charge >= 0.3 is 6.09 Å². The summed E-state index contributed by atoms with van der Waals surface area (Å²) in [4.78, 5) is 49.4. The first kappa shape index (κ1) is 25.9. The largest absolute Gasteiger partial charge is 0.449 e. The van der Waals surface area contributed by atoms with E-state index < -0.39 is 36.0 Å². The van der Waals surface area contributed by atoms with Gasteiger partial charge in [0.1, 0.15) is 6.04 Å². The predicted molar refractivity (Wildman–Crippen MR) is 112 cm³/mol. The molecule has 0 bridgehead atoms. The molecule has 9 nitrogen and oxygen atoms in total. The molecule has 3 amide bonds. The number of alkyl carbamates (subject to hydrolysis) is 1. The molecule has 1 rings (SSSR count). The standard InChI is InChI=1S/C21H37N3O6/c1-14(2)15(23-20(28)30-13-21(3,4)5)17(26)24-19-16(25)18(27)22-11-9-7-6-8-10-12-29-19/h14-15,19H,6-13H2,1-5H3,(H,22,27)(H,23,28)(H,24,26).